The molecule has 0 N–H and O–H groups in total. The van der Waals surface area contributed by atoms with Crippen LogP contribution < -0.4 is 9.80 Å². The van der Waals surface area contributed by atoms with Crippen LogP contribution in [0.3, 0.4) is 0 Å². The molecule has 0 fully saturated rings. The van der Waals surface area contributed by atoms with Gasteiger partial charge in [0.05, 0.1) is 21.4 Å². The zero-order chi connectivity index (χ0) is 54.3. The number of benzene rings is 12. The topological polar surface area (TPSA) is 50.1 Å². The molecule has 3 heterocycles. The van der Waals surface area contributed by atoms with E-state index in [4.69, 9.17) is 15.0 Å². The monoisotopic (exact) mass is 1070 g/mol. The van der Waals surface area contributed by atoms with Gasteiger partial charge in [-0.15, -0.1) is 11.3 Å². The quantitative estimate of drug-likeness (QED) is 0.122. The predicted octanol–water partition coefficient (Wildman–Crippen LogP) is 20.6. The predicted molar refractivity (Wildman–Crippen MR) is 344 cm³/mol. The fraction of sp³-hybridized carbons (Fsp3) is 0. The van der Waals surface area contributed by atoms with Crippen LogP contribution in [0.5, 0.6) is 0 Å². The van der Waals surface area contributed by atoms with E-state index in [-0.39, 0.29) is 0 Å². The van der Waals surface area contributed by atoms with Crippen molar-refractivity contribution in [1.29, 1.82) is 0 Å². The molecule has 0 amide bonds. The minimum Gasteiger partial charge on any atom is -0.311 e. The summed E-state index contributed by atoms with van der Waals surface area (Å²) in [5.74, 6) is 1.92. The van der Waals surface area contributed by atoms with E-state index in [9.17, 15) is 0 Å². The molecule has 0 aliphatic heterocycles. The first-order chi connectivity index (χ1) is 40.7. The Morgan fingerprint density at radius 3 is 1.04 bits per heavy atom. The Morgan fingerprint density at radius 1 is 0.256 bits per heavy atom. The lowest BCUT2D eigenvalue weighted by Gasteiger charge is -2.25. The summed E-state index contributed by atoms with van der Waals surface area (Å²) < 4.78 is 4.79. The first-order valence-electron chi connectivity index (χ1n) is 27.6. The zero-order valence-electron chi connectivity index (χ0n) is 44.5. The molecule has 386 valence electrons. The van der Waals surface area contributed by atoms with Crippen LogP contribution in [0.25, 0.3) is 104 Å². The highest BCUT2D eigenvalue weighted by Crippen LogP contribution is 2.46. The van der Waals surface area contributed by atoms with E-state index in [2.05, 4.69) is 281 Å². The molecule has 7 heteroatoms. The minimum absolute atomic E-state index is 0.641. The standard InChI is InChI=1S/C75H50N6S/c1-7-21-53(22-8-1)73-76-74(54-23-9-2-10-24-54)78-75(77-73)65-35-19-33-63-64-34-20-36-70(72(64)82-71(63)65)81-68-47-41-55(51-37-43-61(44-38-51)79(57-25-11-3-12-26-57)58-27-13-4-14-28-58)49-66(68)67-50-56(42-48-69(67)81)52-39-45-62(46-40-52)80(59-29-15-5-16-30-59)60-31-17-6-18-32-60/h1-50H. The molecule has 0 aliphatic carbocycles. The first kappa shape index (κ1) is 48.4. The average molecular weight is 1070 g/mol. The lowest BCUT2D eigenvalue weighted by molar-refractivity contribution is 1.08. The van der Waals surface area contributed by atoms with Crippen molar-refractivity contribution in [2.45, 2.75) is 0 Å². The van der Waals surface area contributed by atoms with Crippen LogP contribution in [0, 0.1) is 0 Å². The van der Waals surface area contributed by atoms with E-state index in [0.717, 1.165) is 99.9 Å². The normalized spacial score (nSPS) is 11.4. The molecule has 0 aliphatic rings. The molecule has 0 saturated carbocycles. The average Bonchev–Trinajstić information content (AvgIpc) is 3.39. The van der Waals surface area contributed by atoms with Gasteiger partial charge in [-0.25, -0.2) is 15.0 Å². The third-order valence-electron chi connectivity index (χ3n) is 15.4. The number of hydrogen-bond acceptors (Lipinski definition) is 6. The molecule has 12 aromatic carbocycles. The Balaban J connectivity index is 0.884. The second-order valence-electron chi connectivity index (χ2n) is 20.4. The molecular formula is C75H50N6S. The van der Waals surface area contributed by atoms with E-state index >= 15 is 0 Å². The number of anilines is 6. The zero-order valence-corrected chi connectivity index (χ0v) is 45.3. The number of thiophene rings is 1. The number of hydrogen-bond donors (Lipinski definition) is 0. The van der Waals surface area contributed by atoms with Crippen molar-refractivity contribution in [2.75, 3.05) is 9.80 Å². The summed E-state index contributed by atoms with van der Waals surface area (Å²) in [7, 11) is 0. The van der Waals surface area contributed by atoms with Gasteiger partial charge in [-0.3, -0.25) is 0 Å². The summed E-state index contributed by atoms with van der Waals surface area (Å²) in [6.07, 6.45) is 0. The smallest absolute Gasteiger partial charge is 0.165 e. The molecule has 0 atom stereocenters. The van der Waals surface area contributed by atoms with E-state index in [0.29, 0.717) is 17.5 Å². The van der Waals surface area contributed by atoms with Crippen molar-refractivity contribution in [3.63, 3.8) is 0 Å². The SMILES string of the molecule is c1ccc(-c2nc(-c3ccccc3)nc(-c3cccc4c3sc3c(-n5c6ccc(-c7ccc(N(c8ccccc8)c8ccccc8)cc7)cc6c6cc(-c7ccc(N(c8ccccc8)c8ccccc8)cc7)ccc65)cccc34)n2)cc1. The van der Waals surface area contributed by atoms with Crippen LogP contribution in [-0.2, 0) is 0 Å². The molecule has 0 spiro atoms. The molecule has 0 saturated heterocycles. The van der Waals surface area contributed by atoms with E-state index in [1.165, 1.54) is 20.9 Å². The highest BCUT2D eigenvalue weighted by Gasteiger charge is 2.22. The first-order valence-corrected chi connectivity index (χ1v) is 28.4. The Labute approximate surface area is 479 Å². The number of aromatic nitrogens is 4. The van der Waals surface area contributed by atoms with E-state index in [1.54, 1.807) is 11.3 Å². The van der Waals surface area contributed by atoms with Crippen LogP contribution in [0.1, 0.15) is 0 Å². The fourth-order valence-electron chi connectivity index (χ4n) is 11.5. The third-order valence-corrected chi connectivity index (χ3v) is 16.7. The molecule has 15 rings (SSSR count). The second kappa shape index (κ2) is 20.8. The molecular weight excluding hydrogens is 1020 g/mol. The molecule has 0 unspecified atom stereocenters. The van der Waals surface area contributed by atoms with Crippen molar-refractivity contribution in [1.82, 2.24) is 19.5 Å². The molecule has 0 bridgehead atoms. The van der Waals surface area contributed by atoms with Crippen molar-refractivity contribution >= 4 is 87.4 Å². The summed E-state index contributed by atoms with van der Waals surface area (Å²) >= 11 is 1.80. The Bertz CT molecular complexity index is 4440. The van der Waals surface area contributed by atoms with Crippen LogP contribution in [0.4, 0.5) is 34.1 Å². The number of para-hydroxylation sites is 4. The highest BCUT2D eigenvalue weighted by molar-refractivity contribution is 7.26. The molecule has 82 heavy (non-hydrogen) atoms. The third kappa shape index (κ3) is 8.82. The molecule has 3 aromatic heterocycles. The van der Waals surface area contributed by atoms with Gasteiger partial charge in [0.15, 0.2) is 17.5 Å². The summed E-state index contributed by atoms with van der Waals surface area (Å²) in [4.78, 5) is 20.0. The number of rotatable bonds is 12. The maximum atomic E-state index is 5.20. The van der Waals surface area contributed by atoms with Crippen LogP contribution in [0.2, 0.25) is 0 Å². The van der Waals surface area contributed by atoms with Gasteiger partial charge in [0.1, 0.15) is 0 Å². The van der Waals surface area contributed by atoms with Crippen LogP contribution in [0.15, 0.2) is 303 Å². The van der Waals surface area contributed by atoms with Gasteiger partial charge >= 0.3 is 0 Å². The van der Waals surface area contributed by atoms with Gasteiger partial charge in [0, 0.05) is 77.1 Å². The van der Waals surface area contributed by atoms with Crippen molar-refractivity contribution in [3.05, 3.63) is 303 Å². The Kier molecular flexibility index (Phi) is 12.3. The summed E-state index contributed by atoms with van der Waals surface area (Å²) in [6, 6.07) is 108. The van der Waals surface area contributed by atoms with Gasteiger partial charge in [0.25, 0.3) is 0 Å². The Morgan fingerprint density at radius 2 is 0.610 bits per heavy atom. The number of fused-ring (bicyclic) bond motifs is 6. The number of nitrogens with zero attached hydrogens (tertiary/aromatic N) is 6. The minimum atomic E-state index is 0.641. The van der Waals surface area contributed by atoms with Gasteiger partial charge in [-0.2, -0.15) is 0 Å². The van der Waals surface area contributed by atoms with E-state index < -0.39 is 0 Å². The largest absolute Gasteiger partial charge is 0.311 e. The van der Waals surface area contributed by atoms with Crippen molar-refractivity contribution in [3.8, 4) is 62.1 Å². The van der Waals surface area contributed by atoms with Gasteiger partial charge in [-0.05, 0) is 131 Å². The van der Waals surface area contributed by atoms with Crippen LogP contribution in [-0.4, -0.2) is 19.5 Å². The van der Waals surface area contributed by atoms with Gasteiger partial charge in [0.2, 0.25) is 0 Å². The Hall–Kier alpha value is -10.7. The highest BCUT2D eigenvalue weighted by atomic mass is 32.1. The van der Waals surface area contributed by atoms with Crippen molar-refractivity contribution < 1.29 is 0 Å². The summed E-state index contributed by atoms with van der Waals surface area (Å²) in [5, 5.41) is 4.70. The maximum Gasteiger partial charge on any atom is 0.165 e. The summed E-state index contributed by atoms with van der Waals surface area (Å²) in [6.45, 7) is 0. The van der Waals surface area contributed by atoms with Gasteiger partial charge in [-0.1, -0.05) is 194 Å². The van der Waals surface area contributed by atoms with Gasteiger partial charge < -0.3 is 14.4 Å². The lowest BCUT2D eigenvalue weighted by atomic mass is 9.99. The maximum absolute atomic E-state index is 5.20. The molecule has 0 radical (unpaired) electrons. The fourth-order valence-corrected chi connectivity index (χ4v) is 12.9. The van der Waals surface area contributed by atoms with Crippen molar-refractivity contribution in [2.24, 2.45) is 0 Å². The molecule has 6 nitrogen and oxygen atoms in total. The molecule has 15 aromatic rings. The van der Waals surface area contributed by atoms with Crippen LogP contribution >= 0.6 is 11.3 Å². The second-order valence-corrected chi connectivity index (χ2v) is 21.4. The summed E-state index contributed by atoms with van der Waals surface area (Å²) in [5.41, 5.74) is 17.4. The lowest BCUT2D eigenvalue weighted by Crippen LogP contribution is -2.09. The van der Waals surface area contributed by atoms with E-state index in [1.807, 2.05) is 36.4 Å².